The van der Waals surface area contributed by atoms with Crippen LogP contribution < -0.4 is 15.5 Å². The average molecular weight is 390 g/mol. The van der Waals surface area contributed by atoms with Gasteiger partial charge in [0.2, 0.25) is 5.95 Å². The molecule has 2 N–H and O–H groups in total. The maximum Gasteiger partial charge on any atom is 0.231 e. The highest BCUT2D eigenvalue weighted by atomic mass is 35.5. The molecule has 0 aliphatic carbocycles. The van der Waals surface area contributed by atoms with E-state index in [4.69, 9.17) is 23.8 Å². The fraction of sp³-hybridized carbons (Fsp3) is 0.421. The molecule has 0 unspecified atom stereocenters. The van der Waals surface area contributed by atoms with E-state index in [1.807, 2.05) is 37.3 Å². The third-order valence-electron chi connectivity index (χ3n) is 4.53. The van der Waals surface area contributed by atoms with Gasteiger partial charge >= 0.3 is 0 Å². The van der Waals surface area contributed by atoms with E-state index in [0.29, 0.717) is 23.6 Å². The molecule has 2 aromatic rings. The first-order valence-corrected chi connectivity index (χ1v) is 9.71. The van der Waals surface area contributed by atoms with Gasteiger partial charge in [0.05, 0.1) is 0 Å². The number of nitrogens with one attached hydrogen (secondary N) is 2. The number of aryl methyl sites for hydroxylation is 1. The molecule has 1 aliphatic heterocycles. The molecule has 3 rings (SSSR count). The van der Waals surface area contributed by atoms with E-state index >= 15 is 0 Å². The largest absolute Gasteiger partial charge is 0.358 e. The first-order valence-electron chi connectivity index (χ1n) is 8.93. The lowest BCUT2D eigenvalue weighted by Gasteiger charge is -2.34. The first-order chi connectivity index (χ1) is 12.5. The number of rotatable bonds is 4. The highest BCUT2D eigenvalue weighted by molar-refractivity contribution is 7.80. The molecule has 1 aromatic carbocycles. The Morgan fingerprint density at radius 3 is 2.77 bits per heavy atom. The van der Waals surface area contributed by atoms with Gasteiger partial charge in [0.15, 0.2) is 5.11 Å². The Hall–Kier alpha value is -1.92. The van der Waals surface area contributed by atoms with Crippen molar-refractivity contribution < 1.29 is 0 Å². The van der Waals surface area contributed by atoms with Gasteiger partial charge in [0.25, 0.3) is 0 Å². The molecule has 0 spiro atoms. The number of thiocarbonyl (C=S) groups is 1. The van der Waals surface area contributed by atoms with E-state index in [0.717, 1.165) is 28.6 Å². The summed E-state index contributed by atoms with van der Waals surface area (Å²) in [6, 6.07) is 10.2. The molecular weight excluding hydrogens is 366 g/mol. The van der Waals surface area contributed by atoms with E-state index in [1.54, 1.807) is 0 Å². The zero-order chi connectivity index (χ0) is 18.5. The van der Waals surface area contributed by atoms with E-state index < -0.39 is 0 Å². The minimum absolute atomic E-state index is 0.501. The Morgan fingerprint density at radius 1 is 1.27 bits per heavy atom. The van der Waals surface area contributed by atoms with Crippen LogP contribution in [0.25, 0.3) is 0 Å². The first kappa shape index (κ1) is 18.9. The number of aromatic nitrogens is 2. The molecule has 0 saturated carbocycles. The Bertz CT molecular complexity index is 765. The molecule has 1 aliphatic rings. The van der Waals surface area contributed by atoms with Gasteiger partial charge in [-0.3, -0.25) is 0 Å². The minimum Gasteiger partial charge on any atom is -0.358 e. The van der Waals surface area contributed by atoms with Gasteiger partial charge in [-0.25, -0.2) is 4.98 Å². The highest BCUT2D eigenvalue weighted by Gasteiger charge is 2.20. The van der Waals surface area contributed by atoms with Crippen molar-refractivity contribution in [1.29, 1.82) is 0 Å². The Balaban J connectivity index is 1.63. The molecular formula is C19H24ClN5S. The Kier molecular flexibility index (Phi) is 6.27. The standard InChI is InChI=1S/C19H24ClN5S/c1-13-11-17(25-10-4-3-5-14(25)2)23-18(22-13)24-19(26)21-12-15-6-8-16(20)9-7-15/h6-9,11,14H,3-5,10,12H2,1-2H3,(H2,21,22,23,24,26)/t14-/m1/s1. The van der Waals surface area contributed by atoms with Crippen molar-refractivity contribution in [3.8, 4) is 0 Å². The summed E-state index contributed by atoms with van der Waals surface area (Å²) in [5.41, 5.74) is 2.03. The van der Waals surface area contributed by atoms with Gasteiger partial charge in [-0.05, 0) is 63.0 Å². The monoisotopic (exact) mass is 389 g/mol. The fourth-order valence-corrected chi connectivity index (χ4v) is 3.41. The van der Waals surface area contributed by atoms with Crippen LogP contribution >= 0.6 is 23.8 Å². The number of benzene rings is 1. The summed E-state index contributed by atoms with van der Waals surface area (Å²) in [5, 5.41) is 7.51. The normalized spacial score (nSPS) is 17.0. The molecule has 138 valence electrons. The fourth-order valence-electron chi connectivity index (χ4n) is 3.12. The van der Waals surface area contributed by atoms with Crippen molar-refractivity contribution in [2.45, 2.75) is 45.7 Å². The topological polar surface area (TPSA) is 53.1 Å². The summed E-state index contributed by atoms with van der Waals surface area (Å²) in [6.07, 6.45) is 3.69. The predicted molar refractivity (Wildman–Crippen MR) is 112 cm³/mol. The molecule has 0 bridgehead atoms. The van der Waals surface area contributed by atoms with Gasteiger partial charge < -0.3 is 15.5 Å². The zero-order valence-electron chi connectivity index (χ0n) is 15.1. The molecule has 1 fully saturated rings. The van der Waals surface area contributed by atoms with Gasteiger partial charge in [-0.1, -0.05) is 23.7 Å². The van der Waals surface area contributed by atoms with Crippen LogP contribution in [-0.4, -0.2) is 27.7 Å². The minimum atomic E-state index is 0.501. The number of nitrogens with zero attached hydrogens (tertiary/aromatic N) is 3. The highest BCUT2D eigenvalue weighted by Crippen LogP contribution is 2.24. The average Bonchev–Trinajstić information content (AvgIpc) is 2.61. The second-order valence-electron chi connectivity index (χ2n) is 6.66. The predicted octanol–water partition coefficient (Wildman–Crippen LogP) is 4.30. The molecule has 1 saturated heterocycles. The number of hydrogen-bond acceptors (Lipinski definition) is 4. The van der Waals surface area contributed by atoms with Crippen LogP contribution in [0.5, 0.6) is 0 Å². The molecule has 0 radical (unpaired) electrons. The van der Waals surface area contributed by atoms with Crippen molar-refractivity contribution in [1.82, 2.24) is 15.3 Å². The van der Waals surface area contributed by atoms with Crippen LogP contribution in [0.1, 0.15) is 37.4 Å². The maximum absolute atomic E-state index is 5.91. The van der Waals surface area contributed by atoms with Crippen LogP contribution in [0.15, 0.2) is 30.3 Å². The van der Waals surface area contributed by atoms with Crippen LogP contribution in [0.3, 0.4) is 0 Å². The summed E-state index contributed by atoms with van der Waals surface area (Å²) >= 11 is 11.3. The van der Waals surface area contributed by atoms with Crippen LogP contribution in [0, 0.1) is 6.92 Å². The molecule has 2 heterocycles. The summed E-state index contributed by atoms with van der Waals surface area (Å²) < 4.78 is 0. The van der Waals surface area contributed by atoms with E-state index in [2.05, 4.69) is 32.4 Å². The van der Waals surface area contributed by atoms with Crippen LogP contribution in [0.4, 0.5) is 11.8 Å². The van der Waals surface area contributed by atoms with E-state index in [-0.39, 0.29) is 0 Å². The molecule has 1 aromatic heterocycles. The summed E-state index contributed by atoms with van der Waals surface area (Å²) in [5.74, 6) is 1.50. The van der Waals surface area contributed by atoms with Crippen molar-refractivity contribution in [3.05, 3.63) is 46.6 Å². The molecule has 7 heteroatoms. The van der Waals surface area contributed by atoms with Gasteiger partial charge in [0, 0.05) is 35.9 Å². The molecule has 5 nitrogen and oxygen atoms in total. The van der Waals surface area contributed by atoms with Gasteiger partial charge in [-0.15, -0.1) is 0 Å². The second kappa shape index (κ2) is 8.64. The van der Waals surface area contributed by atoms with Crippen molar-refractivity contribution >= 4 is 40.7 Å². The molecule has 0 amide bonds. The smallest absolute Gasteiger partial charge is 0.231 e. The third kappa shape index (κ3) is 5.05. The van der Waals surface area contributed by atoms with Crippen LogP contribution in [0.2, 0.25) is 5.02 Å². The Labute approximate surface area is 165 Å². The SMILES string of the molecule is Cc1cc(N2CCCC[C@H]2C)nc(NC(=S)NCc2ccc(Cl)cc2)n1. The van der Waals surface area contributed by atoms with Crippen molar-refractivity contribution in [2.24, 2.45) is 0 Å². The number of hydrogen-bond donors (Lipinski definition) is 2. The van der Waals surface area contributed by atoms with E-state index in [9.17, 15) is 0 Å². The van der Waals surface area contributed by atoms with Gasteiger partial charge in [0.1, 0.15) is 5.82 Å². The summed E-state index contributed by atoms with van der Waals surface area (Å²) in [4.78, 5) is 11.5. The maximum atomic E-state index is 5.91. The van der Waals surface area contributed by atoms with E-state index in [1.165, 1.54) is 19.3 Å². The zero-order valence-corrected chi connectivity index (χ0v) is 16.7. The summed E-state index contributed by atoms with van der Waals surface area (Å²) in [6.45, 7) is 5.89. The lowest BCUT2D eigenvalue weighted by Crippen LogP contribution is -2.38. The Morgan fingerprint density at radius 2 is 2.04 bits per heavy atom. The third-order valence-corrected chi connectivity index (χ3v) is 5.03. The molecule has 26 heavy (non-hydrogen) atoms. The van der Waals surface area contributed by atoms with Gasteiger partial charge in [-0.2, -0.15) is 4.98 Å². The second-order valence-corrected chi connectivity index (χ2v) is 7.51. The number of anilines is 2. The molecule has 1 atom stereocenters. The lowest BCUT2D eigenvalue weighted by atomic mass is 10.0. The number of piperidine rings is 1. The number of halogens is 1. The quantitative estimate of drug-likeness (QED) is 0.760. The van der Waals surface area contributed by atoms with Crippen molar-refractivity contribution in [3.63, 3.8) is 0 Å². The lowest BCUT2D eigenvalue weighted by molar-refractivity contribution is 0.481. The van der Waals surface area contributed by atoms with Crippen molar-refractivity contribution in [2.75, 3.05) is 16.8 Å². The van der Waals surface area contributed by atoms with Crippen LogP contribution in [-0.2, 0) is 6.54 Å². The summed E-state index contributed by atoms with van der Waals surface area (Å²) in [7, 11) is 0.